The number of amides is 1. The molecule has 1 amide bonds. The Morgan fingerprint density at radius 2 is 2.36 bits per heavy atom. The monoisotopic (exact) mass is 155 g/mol. The largest absolute Gasteiger partial charge is 0.343 e. The minimum absolute atomic E-state index is 0.125. The molecule has 0 spiro atoms. The second kappa shape index (κ2) is 4.69. The Morgan fingerprint density at radius 1 is 1.82 bits per heavy atom. The van der Waals surface area contributed by atoms with E-state index in [0.717, 1.165) is 0 Å². The molecule has 0 aromatic rings. The quantitative estimate of drug-likeness (QED) is 0.608. The smallest absolute Gasteiger partial charge is 0.238 e. The van der Waals surface area contributed by atoms with Crippen LogP contribution in [-0.4, -0.2) is 30.4 Å². The predicted octanol–water partition coefficient (Wildman–Crippen LogP) is -0.294. The van der Waals surface area contributed by atoms with E-state index in [4.69, 9.17) is 11.0 Å². The van der Waals surface area contributed by atoms with E-state index >= 15 is 0 Å². The van der Waals surface area contributed by atoms with Gasteiger partial charge in [0.25, 0.3) is 0 Å². The van der Waals surface area contributed by atoms with E-state index in [2.05, 4.69) is 0 Å². The van der Waals surface area contributed by atoms with E-state index < -0.39 is 6.04 Å². The third-order valence-electron chi connectivity index (χ3n) is 1.32. The van der Waals surface area contributed by atoms with Crippen molar-refractivity contribution in [2.45, 2.75) is 19.4 Å². The topological polar surface area (TPSA) is 70.1 Å². The van der Waals surface area contributed by atoms with Gasteiger partial charge in [-0.2, -0.15) is 5.26 Å². The van der Waals surface area contributed by atoms with Crippen LogP contribution >= 0.6 is 0 Å². The first-order chi connectivity index (χ1) is 5.09. The summed E-state index contributed by atoms with van der Waals surface area (Å²) in [6.07, 6.45) is 0.356. The highest BCUT2D eigenvalue weighted by Crippen LogP contribution is 1.90. The molecule has 0 aliphatic carbocycles. The van der Waals surface area contributed by atoms with Gasteiger partial charge in [0.15, 0.2) is 0 Å². The molecule has 0 bridgehead atoms. The van der Waals surface area contributed by atoms with Gasteiger partial charge in [-0.1, -0.05) is 0 Å². The lowest BCUT2D eigenvalue weighted by Gasteiger charge is -2.17. The van der Waals surface area contributed by atoms with Gasteiger partial charge in [-0.15, -0.1) is 0 Å². The molecule has 0 aliphatic heterocycles. The molecular weight excluding hydrogens is 142 g/mol. The number of rotatable bonds is 3. The number of nitrogens with two attached hydrogens (primary N) is 1. The zero-order chi connectivity index (χ0) is 8.85. The lowest BCUT2D eigenvalue weighted by atomic mass is 10.3. The van der Waals surface area contributed by atoms with Crippen molar-refractivity contribution in [2.75, 3.05) is 13.6 Å². The van der Waals surface area contributed by atoms with Crippen molar-refractivity contribution >= 4 is 5.91 Å². The average molecular weight is 155 g/mol. The maximum atomic E-state index is 11.0. The molecule has 1 unspecified atom stereocenters. The number of hydrogen-bond acceptors (Lipinski definition) is 3. The first kappa shape index (κ1) is 9.92. The summed E-state index contributed by atoms with van der Waals surface area (Å²) in [5.74, 6) is -0.125. The second-order valence-electron chi connectivity index (χ2n) is 2.46. The van der Waals surface area contributed by atoms with E-state index in [1.165, 1.54) is 4.90 Å². The Kier molecular flexibility index (Phi) is 4.23. The molecule has 0 radical (unpaired) electrons. The highest BCUT2D eigenvalue weighted by atomic mass is 16.2. The Bertz CT molecular complexity index is 171. The Balaban J connectivity index is 3.75. The van der Waals surface area contributed by atoms with Crippen molar-refractivity contribution in [1.82, 2.24) is 4.90 Å². The molecule has 0 saturated carbocycles. The summed E-state index contributed by atoms with van der Waals surface area (Å²) in [5.41, 5.74) is 5.33. The van der Waals surface area contributed by atoms with Crippen LogP contribution in [0.25, 0.3) is 0 Å². The fourth-order valence-corrected chi connectivity index (χ4v) is 0.676. The summed E-state index contributed by atoms with van der Waals surface area (Å²) in [4.78, 5) is 12.5. The van der Waals surface area contributed by atoms with Crippen LogP contribution in [0.15, 0.2) is 0 Å². The van der Waals surface area contributed by atoms with Gasteiger partial charge in [0, 0.05) is 13.6 Å². The minimum atomic E-state index is -0.473. The molecule has 0 rings (SSSR count). The zero-order valence-electron chi connectivity index (χ0n) is 6.87. The molecule has 0 aromatic carbocycles. The fraction of sp³-hybridized carbons (Fsp3) is 0.714. The fourth-order valence-electron chi connectivity index (χ4n) is 0.676. The van der Waals surface area contributed by atoms with Crippen LogP contribution in [0, 0.1) is 11.3 Å². The van der Waals surface area contributed by atoms with E-state index in [1.807, 2.05) is 6.07 Å². The van der Waals surface area contributed by atoms with Crippen LogP contribution in [0.3, 0.4) is 0 Å². The zero-order valence-corrected chi connectivity index (χ0v) is 6.87. The summed E-state index contributed by atoms with van der Waals surface area (Å²) in [6.45, 7) is 2.09. The maximum Gasteiger partial charge on any atom is 0.238 e. The Hall–Kier alpha value is -1.08. The van der Waals surface area contributed by atoms with Gasteiger partial charge in [0.2, 0.25) is 5.91 Å². The third kappa shape index (κ3) is 3.58. The summed E-state index contributed by atoms with van der Waals surface area (Å²) in [7, 11) is 1.64. The predicted molar refractivity (Wildman–Crippen MR) is 41.5 cm³/mol. The van der Waals surface area contributed by atoms with Crippen molar-refractivity contribution in [2.24, 2.45) is 5.73 Å². The Labute approximate surface area is 66.6 Å². The van der Waals surface area contributed by atoms with Crippen molar-refractivity contribution in [3.8, 4) is 6.07 Å². The number of carbonyl (C=O) groups is 1. The first-order valence-electron chi connectivity index (χ1n) is 3.47. The van der Waals surface area contributed by atoms with Crippen LogP contribution in [-0.2, 0) is 4.79 Å². The maximum absolute atomic E-state index is 11.0. The normalized spacial score (nSPS) is 11.8. The van der Waals surface area contributed by atoms with Crippen LogP contribution in [0.5, 0.6) is 0 Å². The molecule has 1 atom stereocenters. The van der Waals surface area contributed by atoms with Gasteiger partial charge < -0.3 is 10.6 Å². The number of nitriles is 1. The molecule has 2 N–H and O–H groups in total. The van der Waals surface area contributed by atoms with Gasteiger partial charge in [-0.25, -0.2) is 0 Å². The van der Waals surface area contributed by atoms with Gasteiger partial charge in [-0.05, 0) is 6.92 Å². The molecule has 0 aliphatic rings. The number of hydrogen-bond donors (Lipinski definition) is 1. The number of nitrogens with zero attached hydrogens (tertiary/aromatic N) is 2. The molecule has 0 saturated heterocycles. The molecular formula is C7H13N3O. The van der Waals surface area contributed by atoms with Gasteiger partial charge in [0.05, 0.1) is 18.5 Å². The van der Waals surface area contributed by atoms with Gasteiger partial charge in [0.1, 0.15) is 0 Å². The molecule has 4 nitrogen and oxygen atoms in total. The molecule has 62 valence electrons. The van der Waals surface area contributed by atoms with Crippen LogP contribution in [0.2, 0.25) is 0 Å². The van der Waals surface area contributed by atoms with Crippen LogP contribution < -0.4 is 5.73 Å². The highest BCUT2D eigenvalue weighted by Gasteiger charge is 2.11. The first-order valence-corrected chi connectivity index (χ1v) is 3.47. The van der Waals surface area contributed by atoms with Crippen LogP contribution in [0.1, 0.15) is 13.3 Å². The Morgan fingerprint density at radius 3 is 2.73 bits per heavy atom. The summed E-state index contributed by atoms with van der Waals surface area (Å²) >= 11 is 0. The summed E-state index contributed by atoms with van der Waals surface area (Å²) < 4.78 is 0. The molecule has 0 heterocycles. The standard InChI is InChI=1S/C7H13N3O/c1-6(9)7(11)10(2)5-3-4-8/h6H,3,5,9H2,1-2H3. The molecule has 0 aromatic heterocycles. The lowest BCUT2D eigenvalue weighted by Crippen LogP contribution is -2.40. The van der Waals surface area contributed by atoms with Crippen molar-refractivity contribution in [3.63, 3.8) is 0 Å². The molecule has 4 heteroatoms. The summed E-state index contributed by atoms with van der Waals surface area (Å²) in [5, 5.41) is 8.22. The average Bonchev–Trinajstić information content (AvgIpc) is 1.98. The van der Waals surface area contributed by atoms with E-state index in [9.17, 15) is 4.79 Å². The van der Waals surface area contributed by atoms with Gasteiger partial charge >= 0.3 is 0 Å². The van der Waals surface area contributed by atoms with Crippen molar-refractivity contribution in [3.05, 3.63) is 0 Å². The van der Waals surface area contributed by atoms with Crippen molar-refractivity contribution < 1.29 is 4.79 Å². The summed E-state index contributed by atoms with van der Waals surface area (Å²) in [6, 6.07) is 1.48. The number of carbonyl (C=O) groups excluding carboxylic acids is 1. The SMILES string of the molecule is CC(N)C(=O)N(C)CCC#N. The van der Waals surface area contributed by atoms with Crippen molar-refractivity contribution in [1.29, 1.82) is 5.26 Å². The van der Waals surface area contributed by atoms with E-state index in [-0.39, 0.29) is 5.91 Å². The third-order valence-corrected chi connectivity index (χ3v) is 1.32. The molecule has 0 fully saturated rings. The van der Waals surface area contributed by atoms with E-state index in [1.54, 1.807) is 14.0 Å². The van der Waals surface area contributed by atoms with Gasteiger partial charge in [-0.3, -0.25) is 4.79 Å². The number of likely N-dealkylation sites (N-methyl/N-ethyl adjacent to an activating group) is 1. The molecule has 11 heavy (non-hydrogen) atoms. The second-order valence-corrected chi connectivity index (χ2v) is 2.46. The minimum Gasteiger partial charge on any atom is -0.343 e. The van der Waals surface area contributed by atoms with Crippen LogP contribution in [0.4, 0.5) is 0 Å². The highest BCUT2D eigenvalue weighted by molar-refractivity contribution is 5.80. The van der Waals surface area contributed by atoms with E-state index in [0.29, 0.717) is 13.0 Å². The lowest BCUT2D eigenvalue weighted by molar-refractivity contribution is -0.130.